The molecule has 1 atom stereocenters. The number of methoxy groups -OCH3 is 2. The zero-order valence-electron chi connectivity index (χ0n) is 13.2. The predicted molar refractivity (Wildman–Crippen MR) is 84.7 cm³/mol. The normalized spacial score (nSPS) is 12.0. The number of ether oxygens (including phenoxy) is 3. The number of aryl methyl sites for hydroxylation is 1. The van der Waals surface area contributed by atoms with Crippen molar-refractivity contribution >= 4 is 0 Å². The molecule has 0 saturated carbocycles. The van der Waals surface area contributed by atoms with Crippen LogP contribution in [0.25, 0.3) is 0 Å². The molecule has 6 nitrogen and oxygen atoms in total. The van der Waals surface area contributed by atoms with Crippen LogP contribution in [-0.2, 0) is 11.2 Å². The lowest BCUT2D eigenvalue weighted by molar-refractivity contribution is 0.0510. The lowest BCUT2D eigenvalue weighted by Crippen LogP contribution is -2.02. The van der Waals surface area contributed by atoms with Crippen LogP contribution in [0.5, 0.6) is 17.4 Å². The van der Waals surface area contributed by atoms with Crippen molar-refractivity contribution in [3.63, 3.8) is 0 Å². The molecule has 1 aromatic carbocycles. The summed E-state index contributed by atoms with van der Waals surface area (Å²) in [7, 11) is 3.07. The van der Waals surface area contributed by atoms with Crippen molar-refractivity contribution in [2.45, 2.75) is 18.9 Å². The molecule has 0 radical (unpaired) electrons. The van der Waals surface area contributed by atoms with Gasteiger partial charge in [-0.1, -0.05) is 6.07 Å². The first kappa shape index (κ1) is 17.1. The van der Waals surface area contributed by atoms with Gasteiger partial charge in [-0.05, 0) is 36.1 Å². The fourth-order valence-electron chi connectivity index (χ4n) is 2.14. The zero-order valence-corrected chi connectivity index (χ0v) is 13.2. The van der Waals surface area contributed by atoms with Crippen LogP contribution < -0.4 is 9.47 Å². The summed E-state index contributed by atoms with van der Waals surface area (Å²) >= 11 is 0. The van der Waals surface area contributed by atoms with Gasteiger partial charge in [-0.15, -0.1) is 0 Å². The molecule has 0 aliphatic carbocycles. The van der Waals surface area contributed by atoms with Crippen LogP contribution in [0.3, 0.4) is 0 Å². The highest BCUT2D eigenvalue weighted by atomic mass is 16.7. The lowest BCUT2D eigenvalue weighted by atomic mass is 10.0. The van der Waals surface area contributed by atoms with Crippen LogP contribution in [0.2, 0.25) is 0 Å². The van der Waals surface area contributed by atoms with E-state index in [0.29, 0.717) is 30.0 Å². The Kier molecular flexibility index (Phi) is 6.19. The Balaban J connectivity index is 1.93. The van der Waals surface area contributed by atoms with Gasteiger partial charge in [0.25, 0.3) is 0 Å². The van der Waals surface area contributed by atoms with Gasteiger partial charge in [-0.2, -0.15) is 0 Å². The van der Waals surface area contributed by atoms with Gasteiger partial charge in [-0.3, -0.25) is 0 Å². The summed E-state index contributed by atoms with van der Waals surface area (Å²) in [6, 6.07) is 8.56. The van der Waals surface area contributed by atoms with E-state index in [1.165, 1.54) is 13.2 Å². The highest BCUT2D eigenvalue weighted by molar-refractivity contribution is 5.39. The molecular weight excluding hydrogens is 298 g/mol. The molecule has 0 amide bonds. The van der Waals surface area contributed by atoms with E-state index in [0.717, 1.165) is 5.56 Å². The molecule has 1 heterocycles. The van der Waals surface area contributed by atoms with E-state index in [1.54, 1.807) is 37.6 Å². The molecule has 0 aliphatic rings. The number of aromatic nitrogens is 1. The molecule has 0 aliphatic heterocycles. The highest BCUT2D eigenvalue weighted by Crippen LogP contribution is 2.27. The molecule has 6 heteroatoms. The Bertz CT molecular complexity index is 615. The monoisotopic (exact) mass is 319 g/mol. The minimum absolute atomic E-state index is 0.127. The van der Waals surface area contributed by atoms with Crippen molar-refractivity contribution < 1.29 is 24.4 Å². The first-order chi connectivity index (χ1) is 11.1. The van der Waals surface area contributed by atoms with E-state index in [9.17, 15) is 10.2 Å². The molecule has 0 fully saturated rings. The third-order valence-electron chi connectivity index (χ3n) is 3.44. The number of aliphatic hydroxyl groups excluding tert-OH is 1. The molecule has 2 rings (SSSR count). The van der Waals surface area contributed by atoms with E-state index in [1.807, 2.05) is 0 Å². The van der Waals surface area contributed by atoms with Crippen molar-refractivity contribution in [2.75, 3.05) is 21.0 Å². The maximum atomic E-state index is 10.2. The number of nitrogens with zero attached hydrogens (tertiary/aromatic N) is 1. The summed E-state index contributed by atoms with van der Waals surface area (Å²) in [5.41, 5.74) is 1.46. The number of hydrogen-bond acceptors (Lipinski definition) is 6. The van der Waals surface area contributed by atoms with E-state index >= 15 is 0 Å². The Labute approximate surface area is 135 Å². The minimum Gasteiger partial charge on any atom is -0.508 e. The van der Waals surface area contributed by atoms with Crippen LogP contribution in [0.4, 0.5) is 0 Å². The van der Waals surface area contributed by atoms with Gasteiger partial charge in [0, 0.05) is 25.4 Å². The molecular formula is C17H21NO5. The fourth-order valence-corrected chi connectivity index (χ4v) is 2.14. The van der Waals surface area contributed by atoms with Crippen LogP contribution in [0.1, 0.15) is 23.7 Å². The fraction of sp³-hybridized carbons (Fsp3) is 0.353. The summed E-state index contributed by atoms with van der Waals surface area (Å²) < 4.78 is 15.1. The average molecular weight is 319 g/mol. The van der Waals surface area contributed by atoms with Gasteiger partial charge in [0.15, 0.2) is 6.79 Å². The SMILES string of the molecule is COCOc1ccc(CCC(O)c2ccc(OC)nc2)c(O)c1. The molecule has 1 aromatic heterocycles. The second kappa shape index (κ2) is 8.36. The first-order valence-electron chi connectivity index (χ1n) is 7.25. The summed E-state index contributed by atoms with van der Waals surface area (Å²) in [5, 5.41) is 20.2. The first-order valence-corrected chi connectivity index (χ1v) is 7.25. The number of hydrogen-bond donors (Lipinski definition) is 2. The van der Waals surface area contributed by atoms with Crippen molar-refractivity contribution in [1.29, 1.82) is 0 Å². The molecule has 2 N–H and O–H groups in total. The van der Waals surface area contributed by atoms with E-state index in [4.69, 9.17) is 14.2 Å². The zero-order chi connectivity index (χ0) is 16.7. The lowest BCUT2D eigenvalue weighted by Gasteiger charge is -2.12. The molecule has 1 unspecified atom stereocenters. The van der Waals surface area contributed by atoms with Gasteiger partial charge in [0.2, 0.25) is 5.88 Å². The van der Waals surface area contributed by atoms with Crippen molar-refractivity contribution in [3.05, 3.63) is 47.7 Å². The topological polar surface area (TPSA) is 81.0 Å². The van der Waals surface area contributed by atoms with Crippen LogP contribution in [-0.4, -0.2) is 36.2 Å². The van der Waals surface area contributed by atoms with Gasteiger partial charge in [0.05, 0.1) is 13.2 Å². The minimum atomic E-state index is -0.655. The van der Waals surface area contributed by atoms with Crippen molar-refractivity contribution in [2.24, 2.45) is 0 Å². The second-order valence-corrected chi connectivity index (χ2v) is 5.03. The van der Waals surface area contributed by atoms with E-state index < -0.39 is 6.10 Å². The standard InChI is InChI=1S/C17H21NO5/c1-21-11-23-14-6-3-12(16(20)9-14)4-7-15(19)13-5-8-17(22-2)18-10-13/h3,5-6,8-10,15,19-20H,4,7,11H2,1-2H3. The summed E-state index contributed by atoms with van der Waals surface area (Å²) in [6.45, 7) is 0.127. The predicted octanol–water partition coefficient (Wildman–Crippen LogP) is 2.44. The van der Waals surface area contributed by atoms with Gasteiger partial charge in [-0.25, -0.2) is 4.98 Å². The van der Waals surface area contributed by atoms with Crippen LogP contribution in [0.15, 0.2) is 36.5 Å². The summed E-state index contributed by atoms with van der Waals surface area (Å²) in [6.07, 6.45) is 1.94. The van der Waals surface area contributed by atoms with Crippen molar-refractivity contribution in [3.8, 4) is 17.4 Å². The number of phenols is 1. The Morgan fingerprint density at radius 3 is 2.61 bits per heavy atom. The molecule has 124 valence electrons. The number of aliphatic hydroxyl groups is 1. The largest absolute Gasteiger partial charge is 0.508 e. The van der Waals surface area contributed by atoms with E-state index in [-0.39, 0.29) is 12.5 Å². The third-order valence-corrected chi connectivity index (χ3v) is 3.44. The molecule has 0 saturated heterocycles. The Morgan fingerprint density at radius 2 is 2.00 bits per heavy atom. The van der Waals surface area contributed by atoms with E-state index in [2.05, 4.69) is 4.98 Å². The number of rotatable bonds is 8. The summed E-state index contributed by atoms with van der Waals surface area (Å²) in [5.74, 6) is 1.18. The molecule has 0 spiro atoms. The van der Waals surface area contributed by atoms with Gasteiger partial charge in [0.1, 0.15) is 11.5 Å². The Morgan fingerprint density at radius 1 is 1.17 bits per heavy atom. The molecule has 23 heavy (non-hydrogen) atoms. The average Bonchev–Trinajstić information content (AvgIpc) is 2.59. The van der Waals surface area contributed by atoms with Crippen LogP contribution >= 0.6 is 0 Å². The number of benzene rings is 1. The number of pyridine rings is 1. The number of phenolic OH excluding ortho intramolecular Hbond substituents is 1. The smallest absolute Gasteiger partial charge is 0.212 e. The van der Waals surface area contributed by atoms with Crippen molar-refractivity contribution in [1.82, 2.24) is 4.98 Å². The highest BCUT2D eigenvalue weighted by Gasteiger charge is 2.11. The van der Waals surface area contributed by atoms with Gasteiger partial charge < -0.3 is 24.4 Å². The second-order valence-electron chi connectivity index (χ2n) is 5.03. The number of aromatic hydroxyl groups is 1. The Hall–Kier alpha value is -2.31. The third kappa shape index (κ3) is 4.84. The molecule has 0 bridgehead atoms. The van der Waals surface area contributed by atoms with Gasteiger partial charge >= 0.3 is 0 Å². The summed E-state index contributed by atoms with van der Waals surface area (Å²) in [4.78, 5) is 4.07. The molecule has 2 aromatic rings. The maximum Gasteiger partial charge on any atom is 0.212 e. The van der Waals surface area contributed by atoms with Crippen LogP contribution in [0, 0.1) is 0 Å². The maximum absolute atomic E-state index is 10.2. The quantitative estimate of drug-likeness (QED) is 0.727.